The molecule has 0 N–H and O–H groups in total. The van der Waals surface area contributed by atoms with E-state index in [0.717, 1.165) is 22.3 Å². The zero-order chi connectivity index (χ0) is 22.6. The molecule has 4 rings (SSSR count). The number of sulfonamides is 1. The summed E-state index contributed by atoms with van der Waals surface area (Å²) in [6.07, 6.45) is 3.98. The summed E-state index contributed by atoms with van der Waals surface area (Å²) in [4.78, 5) is 0.211. The number of hydrogen-bond donors (Lipinski definition) is 0. The Labute approximate surface area is 188 Å². The van der Waals surface area contributed by atoms with Crippen molar-refractivity contribution >= 4 is 21.4 Å². The van der Waals surface area contributed by atoms with Gasteiger partial charge in [-0.1, -0.05) is 66.2 Å². The molecule has 32 heavy (non-hydrogen) atoms. The van der Waals surface area contributed by atoms with Crippen LogP contribution in [0.4, 0.5) is 4.39 Å². The molecule has 0 atom stereocenters. The number of nitrogens with zero attached hydrogens (tertiary/aromatic N) is 1. The third kappa shape index (κ3) is 4.92. The summed E-state index contributed by atoms with van der Waals surface area (Å²) in [6.45, 7) is 2.40. The first-order chi connectivity index (χ1) is 15.4. The summed E-state index contributed by atoms with van der Waals surface area (Å²) in [5.41, 5.74) is 3.51. The van der Waals surface area contributed by atoms with E-state index in [1.54, 1.807) is 42.6 Å². The van der Waals surface area contributed by atoms with Gasteiger partial charge in [0.1, 0.15) is 11.6 Å². The highest BCUT2D eigenvalue weighted by atomic mass is 32.2. The second kappa shape index (κ2) is 9.40. The Balaban J connectivity index is 1.76. The first-order valence-corrected chi connectivity index (χ1v) is 11.8. The monoisotopic (exact) mass is 449 g/mol. The summed E-state index contributed by atoms with van der Waals surface area (Å²) < 4.78 is 47.7. The molecule has 0 saturated carbocycles. The molecular formula is C26H24FNO3S. The van der Waals surface area contributed by atoms with Gasteiger partial charge in [0.15, 0.2) is 0 Å². The first kappa shape index (κ1) is 21.8. The van der Waals surface area contributed by atoms with Crippen LogP contribution in [0.15, 0.2) is 96.0 Å². The van der Waals surface area contributed by atoms with Gasteiger partial charge >= 0.3 is 0 Å². The van der Waals surface area contributed by atoms with Crippen LogP contribution in [0, 0.1) is 12.7 Å². The van der Waals surface area contributed by atoms with E-state index < -0.39 is 10.0 Å². The number of hydrogen-bond acceptors (Lipinski definition) is 3. The Hall–Kier alpha value is -3.38. The van der Waals surface area contributed by atoms with Gasteiger partial charge in [0.05, 0.1) is 24.2 Å². The van der Waals surface area contributed by atoms with E-state index in [-0.39, 0.29) is 17.3 Å². The maximum absolute atomic E-state index is 13.5. The van der Waals surface area contributed by atoms with E-state index in [0.29, 0.717) is 18.8 Å². The molecule has 0 radical (unpaired) electrons. The molecule has 4 nitrogen and oxygen atoms in total. The van der Waals surface area contributed by atoms with E-state index >= 15 is 0 Å². The Kier molecular flexibility index (Phi) is 6.42. The molecule has 0 aromatic heterocycles. The molecule has 1 aliphatic rings. The Morgan fingerprint density at radius 2 is 1.56 bits per heavy atom. The predicted octanol–water partition coefficient (Wildman–Crippen LogP) is 5.63. The molecule has 0 spiro atoms. The summed E-state index contributed by atoms with van der Waals surface area (Å²) in [6, 6.07) is 22.4. The van der Waals surface area contributed by atoms with Gasteiger partial charge in [-0.2, -0.15) is 0 Å². The van der Waals surface area contributed by atoms with Gasteiger partial charge in [-0.25, -0.2) is 12.8 Å². The first-order valence-electron chi connectivity index (χ1n) is 10.4. The number of benzene rings is 3. The predicted molar refractivity (Wildman–Crippen MR) is 124 cm³/mol. The van der Waals surface area contributed by atoms with E-state index in [2.05, 4.69) is 0 Å². The minimum Gasteiger partial charge on any atom is -0.491 e. The molecule has 0 fully saturated rings. The second-order valence-corrected chi connectivity index (χ2v) is 9.47. The molecule has 3 aromatic rings. The fourth-order valence-corrected chi connectivity index (χ4v) is 4.75. The summed E-state index contributed by atoms with van der Waals surface area (Å²) >= 11 is 0. The van der Waals surface area contributed by atoms with Crippen molar-refractivity contribution in [2.75, 3.05) is 13.2 Å². The van der Waals surface area contributed by atoms with Crippen molar-refractivity contribution in [2.24, 2.45) is 0 Å². The van der Waals surface area contributed by atoms with Crippen LogP contribution < -0.4 is 0 Å². The SMILES string of the molecule is Cc1ccc(S(=O)(=O)N2/C=C(/c3ccccc3)OCC/C(c3ccc(F)cc3)=C\C2)cc1. The molecule has 0 unspecified atom stereocenters. The molecule has 0 amide bonds. The molecule has 0 bridgehead atoms. The van der Waals surface area contributed by atoms with Crippen LogP contribution >= 0.6 is 0 Å². The van der Waals surface area contributed by atoms with Crippen LogP contribution in [-0.2, 0) is 14.8 Å². The summed E-state index contributed by atoms with van der Waals surface area (Å²) in [5, 5.41) is 0. The van der Waals surface area contributed by atoms with Crippen LogP contribution in [0.25, 0.3) is 11.3 Å². The van der Waals surface area contributed by atoms with Gasteiger partial charge < -0.3 is 4.74 Å². The van der Waals surface area contributed by atoms with E-state index in [9.17, 15) is 12.8 Å². The molecule has 6 heteroatoms. The smallest absolute Gasteiger partial charge is 0.264 e. The maximum atomic E-state index is 13.5. The lowest BCUT2D eigenvalue weighted by Gasteiger charge is -2.21. The highest BCUT2D eigenvalue weighted by Gasteiger charge is 2.23. The van der Waals surface area contributed by atoms with Crippen molar-refractivity contribution in [1.29, 1.82) is 0 Å². The molecule has 1 heterocycles. The van der Waals surface area contributed by atoms with Gasteiger partial charge in [0.2, 0.25) is 0 Å². The van der Waals surface area contributed by atoms with Crippen molar-refractivity contribution < 1.29 is 17.5 Å². The zero-order valence-electron chi connectivity index (χ0n) is 17.7. The molecule has 1 aliphatic heterocycles. The summed E-state index contributed by atoms with van der Waals surface area (Å²) in [5.74, 6) is 0.167. The van der Waals surface area contributed by atoms with Crippen molar-refractivity contribution in [2.45, 2.75) is 18.2 Å². The van der Waals surface area contributed by atoms with Crippen molar-refractivity contribution in [3.05, 3.63) is 114 Å². The minimum atomic E-state index is -3.82. The highest BCUT2D eigenvalue weighted by Crippen LogP contribution is 2.27. The van der Waals surface area contributed by atoms with Crippen LogP contribution in [0.2, 0.25) is 0 Å². The zero-order valence-corrected chi connectivity index (χ0v) is 18.6. The topological polar surface area (TPSA) is 46.6 Å². The van der Waals surface area contributed by atoms with Gasteiger partial charge in [-0.15, -0.1) is 0 Å². The Bertz CT molecular complexity index is 1230. The Morgan fingerprint density at radius 1 is 0.875 bits per heavy atom. The third-order valence-electron chi connectivity index (χ3n) is 5.31. The standard InChI is InChI=1S/C26H24FNO3S/c1-20-7-13-25(14-8-20)32(29,30)28-17-15-22(21-9-11-24(27)12-10-21)16-18-31-26(19-28)23-5-3-2-4-6-23/h2-15,19H,16-18H2,1H3/b22-15+,26-19-. The molecule has 3 aromatic carbocycles. The lowest BCUT2D eigenvalue weighted by Crippen LogP contribution is -2.27. The highest BCUT2D eigenvalue weighted by molar-refractivity contribution is 7.89. The second-order valence-electron chi connectivity index (χ2n) is 7.58. The largest absolute Gasteiger partial charge is 0.491 e. The lowest BCUT2D eigenvalue weighted by molar-refractivity contribution is 0.283. The van der Waals surface area contributed by atoms with Crippen LogP contribution in [0.3, 0.4) is 0 Å². The van der Waals surface area contributed by atoms with Gasteiger partial charge in [-0.3, -0.25) is 4.31 Å². The molecule has 164 valence electrons. The number of rotatable bonds is 4. The number of ether oxygens (including phenoxy) is 1. The number of aryl methyl sites for hydroxylation is 1. The lowest BCUT2D eigenvalue weighted by atomic mass is 10.0. The van der Waals surface area contributed by atoms with E-state index in [4.69, 9.17) is 4.74 Å². The minimum absolute atomic E-state index is 0.128. The quantitative estimate of drug-likeness (QED) is 0.519. The average Bonchev–Trinajstić information content (AvgIpc) is 2.91. The molecule has 0 aliphatic carbocycles. The van der Waals surface area contributed by atoms with Crippen LogP contribution in [0.1, 0.15) is 23.1 Å². The maximum Gasteiger partial charge on any atom is 0.264 e. The molecule has 0 saturated heterocycles. The van der Waals surface area contributed by atoms with Gasteiger partial charge in [0.25, 0.3) is 10.0 Å². The number of halogens is 1. The van der Waals surface area contributed by atoms with Crippen LogP contribution in [0.5, 0.6) is 0 Å². The van der Waals surface area contributed by atoms with Gasteiger partial charge in [0, 0.05) is 12.0 Å². The molecular weight excluding hydrogens is 425 g/mol. The normalized spacial score (nSPS) is 18.2. The van der Waals surface area contributed by atoms with Crippen molar-refractivity contribution in [3.8, 4) is 0 Å². The fraction of sp³-hybridized carbons (Fsp3) is 0.154. The van der Waals surface area contributed by atoms with Crippen molar-refractivity contribution in [3.63, 3.8) is 0 Å². The average molecular weight is 450 g/mol. The Morgan fingerprint density at radius 3 is 2.25 bits per heavy atom. The third-order valence-corrected chi connectivity index (χ3v) is 7.05. The van der Waals surface area contributed by atoms with E-state index in [1.807, 2.05) is 43.3 Å². The van der Waals surface area contributed by atoms with Gasteiger partial charge in [-0.05, 0) is 42.3 Å². The van der Waals surface area contributed by atoms with Crippen LogP contribution in [-0.4, -0.2) is 25.9 Å². The fourth-order valence-electron chi connectivity index (χ4n) is 3.49. The van der Waals surface area contributed by atoms with Crippen molar-refractivity contribution in [1.82, 2.24) is 4.31 Å². The van der Waals surface area contributed by atoms with E-state index in [1.165, 1.54) is 16.4 Å². The summed E-state index contributed by atoms with van der Waals surface area (Å²) in [7, 11) is -3.82.